The third-order valence-corrected chi connectivity index (χ3v) is 6.89. The highest BCUT2D eigenvalue weighted by Crippen LogP contribution is 2.42. The van der Waals surface area contributed by atoms with Crippen LogP contribution in [0.4, 0.5) is 0 Å². The van der Waals surface area contributed by atoms with Crippen LogP contribution in [0.15, 0.2) is 79.3 Å². The third kappa shape index (κ3) is 3.45. The fourth-order valence-electron chi connectivity index (χ4n) is 4.77. The topological polar surface area (TPSA) is 69.4 Å². The summed E-state index contributed by atoms with van der Waals surface area (Å²) in [5.41, 5.74) is 4.09. The molecule has 6 nitrogen and oxygen atoms in total. The Morgan fingerprint density at radius 3 is 2.69 bits per heavy atom. The van der Waals surface area contributed by atoms with Crippen molar-refractivity contribution in [3.63, 3.8) is 0 Å². The number of aryl methyl sites for hydroxylation is 1. The van der Waals surface area contributed by atoms with Crippen LogP contribution in [-0.4, -0.2) is 26.8 Å². The van der Waals surface area contributed by atoms with Crippen LogP contribution in [0.3, 0.4) is 0 Å². The molecule has 6 rings (SSSR count). The average Bonchev–Trinajstić information content (AvgIpc) is 3.32. The fourth-order valence-corrected chi connectivity index (χ4v) is 4.94. The van der Waals surface area contributed by atoms with Gasteiger partial charge >= 0.3 is 0 Å². The Morgan fingerprint density at radius 1 is 1.06 bits per heavy atom. The molecule has 7 heteroatoms. The van der Waals surface area contributed by atoms with Gasteiger partial charge in [-0.05, 0) is 58.1 Å². The van der Waals surface area contributed by atoms with Crippen LogP contribution in [0.2, 0.25) is 5.02 Å². The number of methoxy groups -OCH3 is 1. The molecular weight excluding hydrogens is 462 g/mol. The van der Waals surface area contributed by atoms with Crippen molar-refractivity contribution in [2.45, 2.75) is 12.2 Å². The van der Waals surface area contributed by atoms with Crippen LogP contribution < -0.4 is 9.47 Å². The first-order valence-electron chi connectivity index (χ1n) is 11.2. The molecule has 0 amide bonds. The molecule has 1 unspecified atom stereocenters. The monoisotopic (exact) mass is 483 g/mol. The van der Waals surface area contributed by atoms with Gasteiger partial charge in [-0.25, -0.2) is 9.97 Å². The number of hydrogen-bond donors (Lipinski definition) is 1. The van der Waals surface area contributed by atoms with E-state index in [1.807, 2.05) is 60.1 Å². The van der Waals surface area contributed by atoms with Gasteiger partial charge in [-0.1, -0.05) is 41.9 Å². The van der Waals surface area contributed by atoms with Crippen LogP contribution in [0.1, 0.15) is 22.4 Å². The van der Waals surface area contributed by atoms with Gasteiger partial charge in [0.05, 0.1) is 35.9 Å². The molecule has 0 spiro atoms. The first kappa shape index (κ1) is 21.6. The van der Waals surface area contributed by atoms with Crippen molar-refractivity contribution in [1.82, 2.24) is 14.5 Å². The Kier molecular flexibility index (Phi) is 5.02. The highest BCUT2D eigenvalue weighted by molar-refractivity contribution is 6.32. The van der Waals surface area contributed by atoms with Gasteiger partial charge in [-0.2, -0.15) is 0 Å². The van der Waals surface area contributed by atoms with Crippen molar-refractivity contribution in [2.24, 2.45) is 7.05 Å². The van der Waals surface area contributed by atoms with E-state index in [1.54, 1.807) is 31.8 Å². The van der Waals surface area contributed by atoms with Crippen LogP contribution >= 0.6 is 11.6 Å². The van der Waals surface area contributed by atoms with E-state index in [9.17, 15) is 5.11 Å². The number of ether oxygens (including phenoxy) is 2. The molecule has 5 aromatic rings. The van der Waals surface area contributed by atoms with E-state index in [-0.39, 0.29) is 0 Å². The molecule has 0 saturated carbocycles. The Hall–Kier alpha value is -3.87. The number of rotatable bonds is 2. The summed E-state index contributed by atoms with van der Waals surface area (Å²) in [7, 11) is 3.47. The van der Waals surface area contributed by atoms with Gasteiger partial charge in [0.15, 0.2) is 5.60 Å². The van der Waals surface area contributed by atoms with Crippen LogP contribution in [0, 0.1) is 0 Å². The molecule has 0 radical (unpaired) electrons. The minimum absolute atomic E-state index is 0.324. The first-order chi connectivity index (χ1) is 17.0. The van der Waals surface area contributed by atoms with Gasteiger partial charge in [0.25, 0.3) is 0 Å². The number of halogens is 1. The van der Waals surface area contributed by atoms with Gasteiger partial charge in [-0.15, -0.1) is 0 Å². The molecule has 0 fully saturated rings. The van der Waals surface area contributed by atoms with Crippen molar-refractivity contribution in [3.8, 4) is 22.8 Å². The van der Waals surface area contributed by atoms with Crippen LogP contribution in [-0.2, 0) is 19.3 Å². The lowest BCUT2D eigenvalue weighted by molar-refractivity contribution is 0.117. The van der Waals surface area contributed by atoms with Gasteiger partial charge in [0, 0.05) is 18.5 Å². The zero-order valence-electron chi connectivity index (χ0n) is 19.2. The summed E-state index contributed by atoms with van der Waals surface area (Å²) in [6.07, 6.45) is 3.35. The normalized spacial score (nSPS) is 16.8. The minimum Gasteiger partial charge on any atom is -0.487 e. The number of aliphatic hydroxyl groups is 1. The van der Waals surface area contributed by atoms with Crippen molar-refractivity contribution in [1.29, 1.82) is 0 Å². The van der Waals surface area contributed by atoms with Gasteiger partial charge in [-0.3, -0.25) is 0 Å². The largest absolute Gasteiger partial charge is 0.487 e. The maximum absolute atomic E-state index is 12.5. The Morgan fingerprint density at radius 2 is 1.89 bits per heavy atom. The summed E-state index contributed by atoms with van der Waals surface area (Å²) < 4.78 is 13.5. The van der Waals surface area contributed by atoms with Gasteiger partial charge < -0.3 is 19.1 Å². The van der Waals surface area contributed by atoms with E-state index in [0.717, 1.165) is 27.6 Å². The van der Waals surface area contributed by atoms with E-state index < -0.39 is 5.60 Å². The molecule has 1 aliphatic rings. The van der Waals surface area contributed by atoms with E-state index in [0.29, 0.717) is 40.1 Å². The quantitative estimate of drug-likeness (QED) is 0.360. The van der Waals surface area contributed by atoms with Gasteiger partial charge in [0.2, 0.25) is 5.88 Å². The summed E-state index contributed by atoms with van der Waals surface area (Å²) in [5, 5.41) is 13.8. The molecule has 0 saturated heterocycles. The number of benzene rings is 3. The highest BCUT2D eigenvalue weighted by Gasteiger charge is 2.37. The zero-order chi connectivity index (χ0) is 24.2. The molecule has 0 aliphatic carbocycles. The third-order valence-electron chi connectivity index (χ3n) is 6.58. The number of hydrogen-bond acceptors (Lipinski definition) is 5. The summed E-state index contributed by atoms with van der Waals surface area (Å²) in [4.78, 5) is 8.94. The van der Waals surface area contributed by atoms with Crippen molar-refractivity contribution < 1.29 is 14.6 Å². The lowest BCUT2D eigenvalue weighted by Crippen LogP contribution is -2.31. The Balaban J connectivity index is 1.73. The number of imidazole rings is 1. The maximum Gasteiger partial charge on any atom is 0.214 e. The second-order valence-electron chi connectivity index (χ2n) is 8.68. The minimum atomic E-state index is -1.52. The first-order valence-corrected chi connectivity index (χ1v) is 11.6. The van der Waals surface area contributed by atoms with E-state index in [1.165, 1.54) is 0 Å². The van der Waals surface area contributed by atoms with Crippen molar-refractivity contribution in [3.05, 3.63) is 107 Å². The zero-order valence-corrected chi connectivity index (χ0v) is 20.0. The highest BCUT2D eigenvalue weighted by atomic mass is 35.5. The van der Waals surface area contributed by atoms with E-state index in [2.05, 4.69) is 16.0 Å². The standard InChI is InChI=1S/C28H22ClN3O3/c1-32-16-30-14-26(32)28(33)19-7-9-24-22(11-19)21(13-27(31-24)34-2)18-5-3-4-17(10-18)15-35-25-12-20(28)6-8-23(25)29/h3-14,16,33H,15H2,1-2H3. The average molecular weight is 484 g/mol. The molecule has 174 valence electrons. The Labute approximate surface area is 207 Å². The molecule has 1 N–H and O–H groups in total. The molecule has 6 bridgehead atoms. The van der Waals surface area contributed by atoms with Gasteiger partial charge in [0.1, 0.15) is 12.4 Å². The predicted molar refractivity (Wildman–Crippen MR) is 135 cm³/mol. The molecule has 3 aromatic carbocycles. The summed E-state index contributed by atoms with van der Waals surface area (Å²) in [6.45, 7) is 0.324. The lowest BCUT2D eigenvalue weighted by atomic mass is 9.82. The fraction of sp³-hybridized carbons (Fsp3) is 0.143. The van der Waals surface area contributed by atoms with E-state index in [4.69, 9.17) is 21.1 Å². The van der Waals surface area contributed by atoms with E-state index >= 15 is 0 Å². The smallest absolute Gasteiger partial charge is 0.214 e. The summed E-state index contributed by atoms with van der Waals surface area (Å²) in [5.74, 6) is 1.02. The molecular formula is C28H22ClN3O3. The molecule has 1 atom stereocenters. The van der Waals surface area contributed by atoms with Crippen molar-refractivity contribution in [2.75, 3.05) is 7.11 Å². The van der Waals surface area contributed by atoms with Crippen molar-refractivity contribution >= 4 is 22.5 Å². The Bertz CT molecular complexity index is 1600. The number of fused-ring (bicyclic) bond motifs is 6. The molecule has 35 heavy (non-hydrogen) atoms. The summed E-state index contributed by atoms with van der Waals surface area (Å²) >= 11 is 6.50. The molecule has 2 aromatic heterocycles. The maximum atomic E-state index is 12.5. The second kappa shape index (κ2) is 8.12. The van der Waals surface area contributed by atoms with Crippen LogP contribution in [0.25, 0.3) is 22.0 Å². The predicted octanol–water partition coefficient (Wildman–Crippen LogP) is 5.47. The lowest BCUT2D eigenvalue weighted by Gasteiger charge is -2.30. The molecule has 3 heterocycles. The number of nitrogens with zero attached hydrogens (tertiary/aromatic N) is 3. The SMILES string of the molecule is COc1cc2c3cc(ccc3n1)C(O)(c1cncn1C)c1ccc(Cl)c(c1)OCc1cccc-2c1. The number of aromatic nitrogens is 3. The summed E-state index contributed by atoms with van der Waals surface area (Å²) in [6, 6.07) is 21.2. The number of pyridine rings is 1. The second-order valence-corrected chi connectivity index (χ2v) is 9.09. The molecule has 1 aliphatic heterocycles. The van der Waals surface area contributed by atoms with Crippen LogP contribution in [0.5, 0.6) is 11.6 Å².